The predicted molar refractivity (Wildman–Crippen MR) is 99.6 cm³/mol. The predicted octanol–water partition coefficient (Wildman–Crippen LogP) is 6.37. The lowest BCUT2D eigenvalue weighted by Gasteiger charge is -2.14. The van der Waals surface area contributed by atoms with Gasteiger partial charge in [0.2, 0.25) is 0 Å². The average molecular weight is 331 g/mol. The second-order valence-corrected chi connectivity index (χ2v) is 7.40. The van der Waals surface area contributed by atoms with Crippen LogP contribution in [0.2, 0.25) is 0 Å². The van der Waals surface area contributed by atoms with Crippen LogP contribution in [0, 0.1) is 0 Å². The monoisotopic (exact) mass is 330 g/mol. The van der Waals surface area contributed by atoms with Crippen molar-refractivity contribution in [1.29, 1.82) is 0 Å². The summed E-state index contributed by atoms with van der Waals surface area (Å²) in [6.45, 7) is 5.07. The van der Waals surface area contributed by atoms with Gasteiger partial charge in [-0.3, -0.25) is 4.79 Å². The van der Waals surface area contributed by atoms with Gasteiger partial charge in [-0.2, -0.15) is 11.8 Å². The molecule has 22 heavy (non-hydrogen) atoms. The van der Waals surface area contributed by atoms with Crippen LogP contribution in [0.1, 0.15) is 97.3 Å². The lowest BCUT2D eigenvalue weighted by molar-refractivity contribution is -0.143. The summed E-state index contributed by atoms with van der Waals surface area (Å²) in [5.41, 5.74) is 0. The summed E-state index contributed by atoms with van der Waals surface area (Å²) < 4.78 is 5.44. The van der Waals surface area contributed by atoms with Crippen LogP contribution in [-0.2, 0) is 9.53 Å². The minimum atomic E-state index is 0.000486. The quantitative estimate of drug-likeness (QED) is 0.243. The zero-order valence-electron chi connectivity index (χ0n) is 15.2. The average Bonchev–Trinajstić information content (AvgIpc) is 2.53. The highest BCUT2D eigenvalue weighted by Gasteiger charge is 2.10. The SMILES string of the molecule is CCCCCCCCC(=O)OCC(CCCCCCC)SC. The molecular formula is C19H38O2S. The van der Waals surface area contributed by atoms with Crippen molar-refractivity contribution in [1.82, 2.24) is 0 Å². The zero-order valence-corrected chi connectivity index (χ0v) is 16.0. The molecule has 0 aliphatic rings. The maximum Gasteiger partial charge on any atom is 0.305 e. The van der Waals surface area contributed by atoms with E-state index in [9.17, 15) is 4.79 Å². The van der Waals surface area contributed by atoms with Gasteiger partial charge in [-0.1, -0.05) is 78.1 Å². The number of carbonyl (C=O) groups excluding carboxylic acids is 1. The maximum absolute atomic E-state index is 11.7. The molecule has 0 amide bonds. The van der Waals surface area contributed by atoms with E-state index in [-0.39, 0.29) is 5.97 Å². The van der Waals surface area contributed by atoms with Gasteiger partial charge in [0.15, 0.2) is 0 Å². The van der Waals surface area contributed by atoms with Crippen LogP contribution in [0.3, 0.4) is 0 Å². The van der Waals surface area contributed by atoms with Gasteiger partial charge in [-0.15, -0.1) is 0 Å². The van der Waals surface area contributed by atoms with E-state index in [0.29, 0.717) is 18.3 Å². The Hall–Kier alpha value is -0.180. The van der Waals surface area contributed by atoms with E-state index in [0.717, 1.165) is 6.42 Å². The summed E-state index contributed by atoms with van der Waals surface area (Å²) in [6, 6.07) is 0. The van der Waals surface area contributed by atoms with Gasteiger partial charge in [0.05, 0.1) is 0 Å². The third-order valence-corrected chi connectivity index (χ3v) is 5.17. The van der Waals surface area contributed by atoms with E-state index >= 15 is 0 Å². The van der Waals surface area contributed by atoms with Crippen LogP contribution in [-0.4, -0.2) is 24.1 Å². The Balaban J connectivity index is 3.51. The molecule has 3 heteroatoms. The topological polar surface area (TPSA) is 26.3 Å². The number of thioether (sulfide) groups is 1. The van der Waals surface area contributed by atoms with Crippen LogP contribution < -0.4 is 0 Å². The Morgan fingerprint density at radius 1 is 0.864 bits per heavy atom. The van der Waals surface area contributed by atoms with Crippen molar-refractivity contribution in [3.8, 4) is 0 Å². The van der Waals surface area contributed by atoms with Crippen molar-refractivity contribution in [2.75, 3.05) is 12.9 Å². The van der Waals surface area contributed by atoms with Gasteiger partial charge < -0.3 is 4.74 Å². The molecule has 0 aromatic carbocycles. The van der Waals surface area contributed by atoms with Crippen LogP contribution in [0.15, 0.2) is 0 Å². The van der Waals surface area contributed by atoms with Crippen LogP contribution in [0.25, 0.3) is 0 Å². The van der Waals surface area contributed by atoms with Gasteiger partial charge >= 0.3 is 5.97 Å². The summed E-state index contributed by atoms with van der Waals surface area (Å²) in [5, 5.41) is 0.482. The molecule has 0 saturated carbocycles. The van der Waals surface area contributed by atoms with Crippen LogP contribution in [0.4, 0.5) is 0 Å². The van der Waals surface area contributed by atoms with E-state index in [1.165, 1.54) is 70.6 Å². The molecule has 1 unspecified atom stereocenters. The summed E-state index contributed by atoms with van der Waals surface area (Å²) in [5.74, 6) is 0.000486. The van der Waals surface area contributed by atoms with Gasteiger partial charge in [0.25, 0.3) is 0 Å². The molecule has 0 N–H and O–H groups in total. The second-order valence-electron chi connectivity index (χ2n) is 6.26. The van der Waals surface area contributed by atoms with Crippen molar-refractivity contribution in [3.63, 3.8) is 0 Å². The first-order valence-corrected chi connectivity index (χ1v) is 10.7. The van der Waals surface area contributed by atoms with Gasteiger partial charge in [-0.05, 0) is 19.1 Å². The minimum Gasteiger partial charge on any atom is -0.464 e. The van der Waals surface area contributed by atoms with E-state index < -0.39 is 0 Å². The van der Waals surface area contributed by atoms with E-state index in [4.69, 9.17) is 4.74 Å². The van der Waals surface area contributed by atoms with Crippen molar-refractivity contribution < 1.29 is 9.53 Å². The summed E-state index contributed by atoms with van der Waals surface area (Å²) in [6.07, 6.45) is 17.8. The first-order valence-electron chi connectivity index (χ1n) is 9.43. The van der Waals surface area contributed by atoms with E-state index in [2.05, 4.69) is 20.1 Å². The molecule has 0 aromatic heterocycles. The fourth-order valence-electron chi connectivity index (χ4n) is 2.55. The molecule has 0 bridgehead atoms. The third-order valence-electron chi connectivity index (χ3n) is 4.13. The normalized spacial score (nSPS) is 12.3. The number of carbonyl (C=O) groups is 1. The standard InChI is InChI=1S/C19H38O2S/c1-4-6-8-10-12-14-16-19(20)21-17-18(22-3)15-13-11-9-7-5-2/h18H,4-17H2,1-3H3. The molecule has 0 aromatic rings. The lowest BCUT2D eigenvalue weighted by Crippen LogP contribution is -2.16. The summed E-state index contributed by atoms with van der Waals surface area (Å²) in [7, 11) is 0. The maximum atomic E-state index is 11.7. The molecule has 0 fully saturated rings. The molecule has 0 rings (SSSR count). The highest BCUT2D eigenvalue weighted by atomic mass is 32.2. The molecule has 2 nitrogen and oxygen atoms in total. The second kappa shape index (κ2) is 17.2. The summed E-state index contributed by atoms with van der Waals surface area (Å²) >= 11 is 1.84. The van der Waals surface area contributed by atoms with Crippen LogP contribution >= 0.6 is 11.8 Å². The molecule has 0 radical (unpaired) electrons. The molecule has 0 heterocycles. The van der Waals surface area contributed by atoms with E-state index in [1.807, 2.05) is 11.8 Å². The Morgan fingerprint density at radius 3 is 2.00 bits per heavy atom. The lowest BCUT2D eigenvalue weighted by atomic mass is 10.1. The molecule has 1 atom stereocenters. The Labute approximate surface area is 143 Å². The molecule has 0 aliphatic carbocycles. The number of unbranched alkanes of at least 4 members (excludes halogenated alkanes) is 9. The number of rotatable bonds is 16. The highest BCUT2D eigenvalue weighted by Crippen LogP contribution is 2.17. The van der Waals surface area contributed by atoms with Gasteiger partial charge in [0, 0.05) is 11.7 Å². The first kappa shape index (κ1) is 21.8. The molecular weight excluding hydrogens is 292 g/mol. The molecule has 132 valence electrons. The number of hydrogen-bond donors (Lipinski definition) is 0. The smallest absolute Gasteiger partial charge is 0.305 e. The third kappa shape index (κ3) is 14.7. The molecule has 0 saturated heterocycles. The first-order chi connectivity index (χ1) is 10.7. The fourth-order valence-corrected chi connectivity index (χ4v) is 3.16. The molecule has 0 aliphatic heterocycles. The number of ether oxygens (including phenoxy) is 1. The summed E-state index contributed by atoms with van der Waals surface area (Å²) in [4.78, 5) is 11.7. The fraction of sp³-hybridized carbons (Fsp3) is 0.947. The molecule has 0 spiro atoms. The zero-order chi connectivity index (χ0) is 16.5. The Bertz CT molecular complexity index is 244. The number of esters is 1. The number of hydrogen-bond acceptors (Lipinski definition) is 3. The highest BCUT2D eigenvalue weighted by molar-refractivity contribution is 7.99. The van der Waals surface area contributed by atoms with Crippen LogP contribution in [0.5, 0.6) is 0 Å². The largest absolute Gasteiger partial charge is 0.464 e. The van der Waals surface area contributed by atoms with Gasteiger partial charge in [-0.25, -0.2) is 0 Å². The van der Waals surface area contributed by atoms with Gasteiger partial charge in [0.1, 0.15) is 6.61 Å². The van der Waals surface area contributed by atoms with Crippen molar-refractivity contribution in [3.05, 3.63) is 0 Å². The van der Waals surface area contributed by atoms with Crippen molar-refractivity contribution in [2.45, 2.75) is 103 Å². The van der Waals surface area contributed by atoms with Crippen molar-refractivity contribution >= 4 is 17.7 Å². The van der Waals surface area contributed by atoms with Crippen molar-refractivity contribution in [2.24, 2.45) is 0 Å². The Kier molecular flexibility index (Phi) is 17.0. The van der Waals surface area contributed by atoms with E-state index in [1.54, 1.807) is 0 Å². The Morgan fingerprint density at radius 2 is 1.41 bits per heavy atom. The minimum absolute atomic E-state index is 0.000486.